The van der Waals surface area contributed by atoms with Crippen molar-refractivity contribution >= 4 is 56.5 Å². The van der Waals surface area contributed by atoms with Gasteiger partial charge in [0, 0.05) is 20.8 Å². The number of carbonyl (C=O) groups is 2. The van der Waals surface area contributed by atoms with E-state index < -0.39 is 17.1 Å². The van der Waals surface area contributed by atoms with E-state index in [1.807, 2.05) is 68.4 Å². The molecular weight excluding hydrogens is 584 g/mol. The van der Waals surface area contributed by atoms with Gasteiger partial charge in [-0.25, -0.2) is 4.90 Å². The van der Waals surface area contributed by atoms with E-state index in [0.29, 0.717) is 23.1 Å². The number of hydrogen-bond acceptors (Lipinski definition) is 6. The molecule has 3 heterocycles. The summed E-state index contributed by atoms with van der Waals surface area (Å²) < 4.78 is 7.17. The highest BCUT2D eigenvalue weighted by Gasteiger charge is 2.56. The van der Waals surface area contributed by atoms with Crippen LogP contribution in [0, 0.1) is 19.8 Å². The Morgan fingerprint density at radius 3 is 2.50 bits per heavy atom. The first-order chi connectivity index (χ1) is 18.3. The van der Waals surface area contributed by atoms with Crippen molar-refractivity contribution in [2.45, 2.75) is 36.6 Å². The predicted molar refractivity (Wildman–Crippen MR) is 153 cm³/mol. The van der Waals surface area contributed by atoms with Crippen molar-refractivity contribution in [3.63, 3.8) is 0 Å². The number of aryl methyl sites for hydroxylation is 2. The molecule has 1 fully saturated rings. The number of rotatable bonds is 5. The number of thioether (sulfide) groups is 1. The lowest BCUT2D eigenvalue weighted by Crippen LogP contribution is -2.32. The molecule has 1 saturated heterocycles. The van der Waals surface area contributed by atoms with Gasteiger partial charge in [0.15, 0.2) is 0 Å². The number of ether oxygens (including phenoxy) is 1. The van der Waals surface area contributed by atoms with Gasteiger partial charge < -0.3 is 9.72 Å². The third kappa shape index (κ3) is 4.32. The van der Waals surface area contributed by atoms with Gasteiger partial charge in [0.25, 0.3) is 0 Å². The average molecular weight is 608 g/mol. The van der Waals surface area contributed by atoms with E-state index in [0.717, 1.165) is 42.9 Å². The second-order valence-electron chi connectivity index (χ2n) is 9.49. The summed E-state index contributed by atoms with van der Waals surface area (Å²) in [4.78, 5) is 44.9. The van der Waals surface area contributed by atoms with E-state index in [4.69, 9.17) is 4.74 Å². The van der Waals surface area contributed by atoms with Crippen molar-refractivity contribution in [1.29, 1.82) is 0 Å². The van der Waals surface area contributed by atoms with Gasteiger partial charge in [0.05, 0.1) is 16.6 Å². The Morgan fingerprint density at radius 1 is 0.974 bits per heavy atom. The number of amides is 2. The first-order valence-electron chi connectivity index (χ1n) is 12.1. The van der Waals surface area contributed by atoms with Crippen LogP contribution in [0.5, 0.6) is 5.75 Å². The van der Waals surface area contributed by atoms with E-state index in [9.17, 15) is 14.4 Å². The highest BCUT2D eigenvalue weighted by atomic mass is 79.9. The minimum Gasteiger partial charge on any atom is -0.489 e. The zero-order valence-corrected chi connectivity index (χ0v) is 23.8. The third-order valence-corrected chi connectivity index (χ3v) is 9.96. The number of benzene rings is 3. The average Bonchev–Trinajstić information content (AvgIpc) is 3.39. The molecule has 1 aromatic heterocycles. The topological polar surface area (TPSA) is 79.5 Å². The molecule has 2 amide bonds. The van der Waals surface area contributed by atoms with Crippen LogP contribution in [0.3, 0.4) is 0 Å². The Bertz CT molecular complexity index is 1630. The third-order valence-electron chi connectivity index (χ3n) is 7.07. The molecule has 2 aliphatic heterocycles. The first-order valence-corrected chi connectivity index (χ1v) is 14.6. The maximum Gasteiger partial charge on any atom is 0.305 e. The maximum atomic E-state index is 14.0. The van der Waals surface area contributed by atoms with Crippen LogP contribution in [0.4, 0.5) is 5.69 Å². The molecule has 1 N–H and O–H groups in total. The molecule has 0 spiro atoms. The van der Waals surface area contributed by atoms with Gasteiger partial charge in [0.1, 0.15) is 17.6 Å². The lowest BCUT2D eigenvalue weighted by Gasteiger charge is -2.31. The smallest absolute Gasteiger partial charge is 0.305 e. The largest absolute Gasteiger partial charge is 0.489 e. The van der Waals surface area contributed by atoms with Crippen molar-refractivity contribution in [1.82, 2.24) is 4.98 Å². The summed E-state index contributed by atoms with van der Waals surface area (Å²) in [6, 6.07) is 21.1. The molecule has 6 nitrogen and oxygen atoms in total. The van der Waals surface area contributed by atoms with Crippen molar-refractivity contribution in [3.05, 3.63) is 108 Å². The van der Waals surface area contributed by atoms with E-state index in [2.05, 4.69) is 20.9 Å². The number of aromatic nitrogens is 1. The molecule has 0 bridgehead atoms. The number of aromatic amines is 1. The summed E-state index contributed by atoms with van der Waals surface area (Å²) in [5, 5.41) is -0.0160. The minimum absolute atomic E-state index is 0.208. The lowest BCUT2D eigenvalue weighted by molar-refractivity contribution is -0.122. The fraction of sp³-hybridized carbons (Fsp3) is 0.207. The van der Waals surface area contributed by atoms with E-state index in [1.165, 1.54) is 16.7 Å². The number of hydrogen-bond donors (Lipinski definition) is 1. The summed E-state index contributed by atoms with van der Waals surface area (Å²) in [5.74, 6) is -1.11. The summed E-state index contributed by atoms with van der Waals surface area (Å²) >= 11 is 5.95. The number of anilines is 1. The molecule has 0 radical (unpaired) electrons. The van der Waals surface area contributed by atoms with Crippen LogP contribution in [-0.4, -0.2) is 22.0 Å². The van der Waals surface area contributed by atoms with Crippen molar-refractivity contribution in [3.8, 4) is 5.75 Å². The Labute approximate surface area is 236 Å². The normalized spacial score (nSPS) is 20.4. The van der Waals surface area contributed by atoms with Gasteiger partial charge in [-0.2, -0.15) is 0 Å². The Morgan fingerprint density at radius 2 is 1.74 bits per heavy atom. The molecule has 9 heteroatoms. The fourth-order valence-corrected chi connectivity index (χ4v) is 8.01. The zero-order valence-electron chi connectivity index (χ0n) is 20.6. The summed E-state index contributed by atoms with van der Waals surface area (Å²) in [7, 11) is 0. The van der Waals surface area contributed by atoms with E-state index >= 15 is 0 Å². The van der Waals surface area contributed by atoms with Crippen LogP contribution in [0.2, 0.25) is 0 Å². The van der Waals surface area contributed by atoms with Crippen LogP contribution < -0.4 is 14.5 Å². The van der Waals surface area contributed by atoms with Crippen molar-refractivity contribution < 1.29 is 14.3 Å². The van der Waals surface area contributed by atoms with Crippen LogP contribution >= 0.6 is 39.0 Å². The van der Waals surface area contributed by atoms with E-state index in [-0.39, 0.29) is 16.7 Å². The molecule has 6 rings (SSSR count). The standard InChI is InChI=1S/C29H23BrN2O4S2/c1-15-7-10-19(11-8-15)32-27(33)23-22(24-26(31-29(35)38-24)37-25(23)28(32)34)20-13-18(30)9-12-21(20)36-14-17-6-4-3-5-16(17)2/h3-13,22-23,25H,14H2,1-2H3,(H,31,35)/t22-,23-,25+/m0/s1. The Balaban J connectivity index is 1.45. The van der Waals surface area contributed by atoms with Crippen LogP contribution in [0.25, 0.3) is 0 Å². The molecule has 3 atom stereocenters. The summed E-state index contributed by atoms with van der Waals surface area (Å²) in [5.41, 5.74) is 4.55. The number of H-pyrrole nitrogens is 1. The second kappa shape index (κ2) is 9.87. The number of imide groups is 1. The lowest BCUT2D eigenvalue weighted by atomic mass is 9.82. The molecule has 192 valence electrons. The van der Waals surface area contributed by atoms with Gasteiger partial charge in [-0.05, 0) is 55.3 Å². The van der Waals surface area contributed by atoms with Crippen LogP contribution in [0.15, 0.2) is 81.0 Å². The molecule has 0 saturated carbocycles. The van der Waals surface area contributed by atoms with Gasteiger partial charge in [0.2, 0.25) is 11.8 Å². The number of nitrogens with one attached hydrogen (secondary N) is 1. The first kappa shape index (κ1) is 25.2. The summed E-state index contributed by atoms with van der Waals surface area (Å²) in [6.07, 6.45) is 0. The molecule has 4 aromatic rings. The predicted octanol–water partition coefficient (Wildman–Crippen LogP) is 6.19. The van der Waals surface area contributed by atoms with Crippen molar-refractivity contribution in [2.75, 3.05) is 4.90 Å². The van der Waals surface area contributed by atoms with Crippen LogP contribution in [-0.2, 0) is 16.2 Å². The number of carbonyl (C=O) groups excluding carboxylic acids is 2. The van der Waals surface area contributed by atoms with Gasteiger partial charge >= 0.3 is 4.87 Å². The molecule has 38 heavy (non-hydrogen) atoms. The molecule has 0 aliphatic carbocycles. The highest BCUT2D eigenvalue weighted by molar-refractivity contribution is 9.10. The van der Waals surface area contributed by atoms with Gasteiger partial charge in [-0.1, -0.05) is 81.0 Å². The zero-order chi connectivity index (χ0) is 26.6. The highest BCUT2D eigenvalue weighted by Crippen LogP contribution is 2.54. The van der Waals surface area contributed by atoms with Crippen molar-refractivity contribution in [2.24, 2.45) is 5.92 Å². The molecule has 3 aromatic carbocycles. The van der Waals surface area contributed by atoms with Crippen LogP contribution in [0.1, 0.15) is 33.0 Å². The molecular formula is C29H23BrN2O4S2. The number of fused-ring (bicyclic) bond motifs is 2. The molecule has 2 aliphatic rings. The molecule has 0 unspecified atom stereocenters. The van der Waals surface area contributed by atoms with Gasteiger partial charge in [-0.3, -0.25) is 14.4 Å². The quantitative estimate of drug-likeness (QED) is 0.274. The summed E-state index contributed by atoms with van der Waals surface area (Å²) in [6.45, 7) is 4.36. The number of nitrogens with zero attached hydrogens (tertiary/aromatic N) is 1. The second-order valence-corrected chi connectivity index (χ2v) is 12.6. The maximum absolute atomic E-state index is 14.0. The number of thiazole rings is 1. The fourth-order valence-electron chi connectivity index (χ4n) is 5.12. The Kier molecular flexibility index (Phi) is 6.53. The minimum atomic E-state index is -0.678. The number of halogens is 1. The van der Waals surface area contributed by atoms with E-state index in [1.54, 1.807) is 12.1 Å². The van der Waals surface area contributed by atoms with Gasteiger partial charge in [-0.15, -0.1) is 0 Å². The Hall–Kier alpha value is -3.14. The monoisotopic (exact) mass is 606 g/mol. The SMILES string of the molecule is Cc1ccc(N2C(=O)[C@H]3[C@H](c4cc(Br)ccc4OCc4ccccc4C)c4sc(=O)[nH]c4S[C@H]3C2=O)cc1.